The number of nitrogens with zero attached hydrogens (tertiary/aromatic N) is 2. The first kappa shape index (κ1) is 13.2. The number of morpholine rings is 1. The fraction of sp³-hybridized carbons (Fsp3) is 0.571. The molecule has 1 N–H and O–H groups in total. The molecule has 0 saturated carbocycles. The summed E-state index contributed by atoms with van der Waals surface area (Å²) in [5.41, 5.74) is 0. The summed E-state index contributed by atoms with van der Waals surface area (Å²) >= 11 is 0. The number of nitrogens with one attached hydrogen (secondary N) is 1. The van der Waals surface area contributed by atoms with Crippen molar-refractivity contribution in [1.82, 2.24) is 14.3 Å². The van der Waals surface area contributed by atoms with Gasteiger partial charge < -0.3 is 4.98 Å². The van der Waals surface area contributed by atoms with Crippen LogP contribution in [0.3, 0.4) is 0 Å². The molecule has 102 valence electrons. The van der Waals surface area contributed by atoms with E-state index in [0.29, 0.717) is 0 Å². The van der Waals surface area contributed by atoms with Crippen LogP contribution in [0.5, 0.6) is 0 Å². The summed E-state index contributed by atoms with van der Waals surface area (Å²) in [6.45, 7) is -2.99. The first-order chi connectivity index (χ1) is 8.12. The number of rotatable bonds is 2. The molecule has 0 amide bonds. The highest BCUT2D eigenvalue weighted by molar-refractivity contribution is 7.89. The lowest BCUT2D eigenvalue weighted by molar-refractivity contribution is -0.397. The predicted molar refractivity (Wildman–Crippen MR) is 48.3 cm³/mol. The number of imidazole rings is 1. The van der Waals surface area contributed by atoms with Crippen LogP contribution in [-0.2, 0) is 14.8 Å². The second-order valence-corrected chi connectivity index (χ2v) is 5.40. The largest absolute Gasteiger partial charge is 0.374 e. The van der Waals surface area contributed by atoms with Gasteiger partial charge in [-0.05, 0) is 0 Å². The van der Waals surface area contributed by atoms with Crippen LogP contribution in [0.15, 0.2) is 17.6 Å². The predicted octanol–water partition coefficient (Wildman–Crippen LogP) is 0.616. The number of sulfonamides is 1. The molecule has 1 fully saturated rings. The molecule has 1 aliphatic heterocycles. The molecule has 1 aliphatic rings. The summed E-state index contributed by atoms with van der Waals surface area (Å²) in [6.07, 6.45) is -6.34. The number of alkyl halides is 4. The molecular weight excluding hydrogens is 282 g/mol. The summed E-state index contributed by atoms with van der Waals surface area (Å²) in [6, 6.07) is 0. The third kappa shape index (κ3) is 2.47. The molecule has 1 aromatic heterocycles. The van der Waals surface area contributed by atoms with E-state index in [9.17, 15) is 26.0 Å². The summed E-state index contributed by atoms with van der Waals surface area (Å²) in [4.78, 5) is 5.50. The Morgan fingerprint density at radius 1 is 1.28 bits per heavy atom. The van der Waals surface area contributed by atoms with Crippen molar-refractivity contribution < 1.29 is 30.7 Å². The van der Waals surface area contributed by atoms with Crippen LogP contribution in [0.25, 0.3) is 0 Å². The Kier molecular flexibility index (Phi) is 2.87. The monoisotopic (exact) mass is 289 g/mol. The average molecular weight is 289 g/mol. The maximum atomic E-state index is 12.9. The van der Waals surface area contributed by atoms with Gasteiger partial charge in [0.05, 0.1) is 0 Å². The highest BCUT2D eigenvalue weighted by Crippen LogP contribution is 2.35. The van der Waals surface area contributed by atoms with E-state index in [1.54, 1.807) is 0 Å². The van der Waals surface area contributed by atoms with Gasteiger partial charge >= 0.3 is 12.2 Å². The Balaban J connectivity index is 2.34. The van der Waals surface area contributed by atoms with E-state index >= 15 is 0 Å². The minimum atomic E-state index is -4.53. The molecule has 2 heterocycles. The number of H-pyrrole nitrogens is 1. The summed E-state index contributed by atoms with van der Waals surface area (Å²) < 4.78 is 78.1. The maximum absolute atomic E-state index is 12.9. The number of aromatic nitrogens is 2. The van der Waals surface area contributed by atoms with E-state index in [1.807, 2.05) is 0 Å². The zero-order chi connectivity index (χ0) is 13.6. The van der Waals surface area contributed by atoms with Crippen LogP contribution in [-0.4, -0.2) is 48.0 Å². The van der Waals surface area contributed by atoms with Crippen molar-refractivity contribution >= 4 is 10.0 Å². The van der Waals surface area contributed by atoms with Crippen LogP contribution in [0, 0.1) is 0 Å². The van der Waals surface area contributed by atoms with Crippen molar-refractivity contribution in [2.24, 2.45) is 0 Å². The molecular formula is C7H7F4N3O3S. The average Bonchev–Trinajstić information content (AvgIpc) is 2.65. The first-order valence-corrected chi connectivity index (χ1v) is 6.02. The molecule has 18 heavy (non-hydrogen) atoms. The zero-order valence-electron chi connectivity index (χ0n) is 8.61. The van der Waals surface area contributed by atoms with E-state index in [1.165, 1.54) is 0 Å². The molecule has 2 rings (SSSR count). The van der Waals surface area contributed by atoms with E-state index in [-0.39, 0.29) is 4.31 Å². The second kappa shape index (κ2) is 3.90. The summed E-state index contributed by atoms with van der Waals surface area (Å²) in [5.74, 6) is 0. The third-order valence-electron chi connectivity index (χ3n) is 2.08. The van der Waals surface area contributed by atoms with E-state index < -0.39 is 40.5 Å². The van der Waals surface area contributed by atoms with Crippen LogP contribution >= 0.6 is 0 Å². The normalized spacial score (nSPS) is 24.0. The Morgan fingerprint density at radius 2 is 1.83 bits per heavy atom. The van der Waals surface area contributed by atoms with Crippen LogP contribution in [0.1, 0.15) is 0 Å². The van der Waals surface area contributed by atoms with Crippen LogP contribution in [0.4, 0.5) is 17.6 Å². The second-order valence-electron chi connectivity index (χ2n) is 3.54. The molecule has 1 aromatic rings. The fourth-order valence-electron chi connectivity index (χ4n) is 1.43. The fourth-order valence-corrected chi connectivity index (χ4v) is 2.73. The highest BCUT2D eigenvalue weighted by atomic mass is 32.2. The Bertz CT molecular complexity index is 514. The van der Waals surface area contributed by atoms with Crippen molar-refractivity contribution in [2.75, 3.05) is 13.1 Å². The number of halogens is 4. The molecule has 11 heteroatoms. The smallest absolute Gasteiger partial charge is 0.334 e. The van der Waals surface area contributed by atoms with Gasteiger partial charge in [0.1, 0.15) is 13.1 Å². The first-order valence-electron chi connectivity index (χ1n) is 4.58. The minimum Gasteiger partial charge on any atom is -0.334 e. The third-order valence-corrected chi connectivity index (χ3v) is 3.73. The summed E-state index contributed by atoms with van der Waals surface area (Å²) in [7, 11) is -4.53. The molecule has 0 bridgehead atoms. The standard InChI is InChI=1S/C7H7F4N3O3S/c8-6(9)3-14(4-7(10,11)17-6)18(15,16)5-12-1-2-13-5/h1-2H,3-4H2,(H,12,13). The van der Waals surface area contributed by atoms with Crippen molar-refractivity contribution in [1.29, 1.82) is 0 Å². The lowest BCUT2D eigenvalue weighted by atomic mass is 10.4. The topological polar surface area (TPSA) is 75.3 Å². The van der Waals surface area contributed by atoms with Crippen LogP contribution in [0.2, 0.25) is 0 Å². The van der Waals surface area contributed by atoms with Crippen molar-refractivity contribution in [3.8, 4) is 0 Å². The minimum absolute atomic E-state index is 0.0741. The van der Waals surface area contributed by atoms with Crippen molar-refractivity contribution in [2.45, 2.75) is 17.4 Å². The SMILES string of the molecule is O=S(=O)(c1ncc[nH]1)N1CC(F)(F)OC(F)(F)C1. The molecule has 0 aliphatic carbocycles. The van der Waals surface area contributed by atoms with Gasteiger partial charge in [0.2, 0.25) is 5.16 Å². The van der Waals surface area contributed by atoms with E-state index in [0.717, 1.165) is 12.4 Å². The molecule has 1 saturated heterocycles. The van der Waals surface area contributed by atoms with Crippen molar-refractivity contribution in [3.05, 3.63) is 12.4 Å². The number of aromatic amines is 1. The van der Waals surface area contributed by atoms with Crippen molar-refractivity contribution in [3.63, 3.8) is 0 Å². The number of ether oxygens (including phenoxy) is 1. The van der Waals surface area contributed by atoms with Gasteiger partial charge in [-0.2, -0.15) is 21.9 Å². The van der Waals surface area contributed by atoms with Gasteiger partial charge in [-0.1, -0.05) is 0 Å². The molecule has 0 aromatic carbocycles. The van der Waals surface area contributed by atoms with Gasteiger partial charge in [-0.3, -0.25) is 4.74 Å². The van der Waals surface area contributed by atoms with Gasteiger partial charge in [0, 0.05) is 12.4 Å². The van der Waals surface area contributed by atoms with Crippen LogP contribution < -0.4 is 0 Å². The Morgan fingerprint density at radius 3 is 2.28 bits per heavy atom. The molecule has 0 radical (unpaired) electrons. The zero-order valence-corrected chi connectivity index (χ0v) is 9.42. The molecule has 0 spiro atoms. The van der Waals surface area contributed by atoms with Gasteiger partial charge in [-0.25, -0.2) is 13.4 Å². The van der Waals surface area contributed by atoms with Gasteiger partial charge in [0.15, 0.2) is 0 Å². The lowest BCUT2D eigenvalue weighted by Gasteiger charge is -2.35. The Labute approximate surface area is 98.6 Å². The van der Waals surface area contributed by atoms with Gasteiger partial charge in [-0.15, -0.1) is 0 Å². The lowest BCUT2D eigenvalue weighted by Crippen LogP contribution is -2.56. The molecule has 0 atom stereocenters. The van der Waals surface area contributed by atoms with E-state index in [4.69, 9.17) is 0 Å². The van der Waals surface area contributed by atoms with Gasteiger partial charge in [0.25, 0.3) is 10.0 Å². The summed E-state index contributed by atoms with van der Waals surface area (Å²) in [5, 5.41) is -0.684. The number of hydrogen-bond donors (Lipinski definition) is 1. The Hall–Kier alpha value is -1.20. The highest BCUT2D eigenvalue weighted by Gasteiger charge is 2.55. The maximum Gasteiger partial charge on any atom is 0.374 e. The molecule has 6 nitrogen and oxygen atoms in total. The molecule has 0 unspecified atom stereocenters. The van der Waals surface area contributed by atoms with E-state index in [2.05, 4.69) is 14.7 Å². The quantitative estimate of drug-likeness (QED) is 0.810. The number of hydrogen-bond acceptors (Lipinski definition) is 4.